The monoisotopic (exact) mass is 336 g/mol. The summed E-state index contributed by atoms with van der Waals surface area (Å²) >= 11 is 1.67. The summed E-state index contributed by atoms with van der Waals surface area (Å²) in [6.07, 6.45) is 0. The molecule has 3 rings (SSSR count). The third kappa shape index (κ3) is 3.11. The van der Waals surface area contributed by atoms with E-state index in [1.165, 1.54) is 0 Å². The van der Waals surface area contributed by atoms with Gasteiger partial charge in [0.05, 0.1) is 5.69 Å². The van der Waals surface area contributed by atoms with Gasteiger partial charge >= 0.3 is 0 Å². The molecule has 0 saturated carbocycles. The Balaban J connectivity index is 1.96. The van der Waals surface area contributed by atoms with Crippen LogP contribution in [0.15, 0.2) is 60.0 Å². The predicted octanol–water partition coefficient (Wildman–Crippen LogP) is 4.46. The van der Waals surface area contributed by atoms with E-state index in [0.717, 1.165) is 27.3 Å². The summed E-state index contributed by atoms with van der Waals surface area (Å²) in [5.74, 6) is -0.0225. The van der Waals surface area contributed by atoms with E-state index in [1.807, 2.05) is 67.9 Å². The Bertz CT molecular complexity index is 856. The first-order valence-corrected chi connectivity index (χ1v) is 8.70. The van der Waals surface area contributed by atoms with Crippen molar-refractivity contribution in [1.82, 2.24) is 0 Å². The second-order valence-electron chi connectivity index (χ2n) is 5.70. The highest BCUT2D eigenvalue weighted by molar-refractivity contribution is 7.13. The summed E-state index contributed by atoms with van der Waals surface area (Å²) in [5.41, 5.74) is 10.5. The van der Waals surface area contributed by atoms with Gasteiger partial charge in [-0.2, -0.15) is 0 Å². The number of anilines is 1. The summed E-state index contributed by atoms with van der Waals surface area (Å²) in [4.78, 5) is 15.8. The van der Waals surface area contributed by atoms with E-state index in [4.69, 9.17) is 5.73 Å². The lowest BCUT2D eigenvalue weighted by Crippen LogP contribution is -2.26. The van der Waals surface area contributed by atoms with Crippen molar-refractivity contribution < 1.29 is 4.79 Å². The van der Waals surface area contributed by atoms with Gasteiger partial charge in [-0.15, -0.1) is 11.3 Å². The lowest BCUT2D eigenvalue weighted by atomic mass is 10.0. The molecule has 0 fully saturated rings. The van der Waals surface area contributed by atoms with Crippen LogP contribution in [0.5, 0.6) is 0 Å². The van der Waals surface area contributed by atoms with Crippen LogP contribution in [0.2, 0.25) is 0 Å². The first-order valence-electron chi connectivity index (χ1n) is 7.82. The molecule has 0 atom stereocenters. The fraction of sp³-hybridized carbons (Fsp3) is 0.150. The van der Waals surface area contributed by atoms with Crippen LogP contribution in [0.1, 0.15) is 21.5 Å². The molecule has 0 aliphatic rings. The second kappa shape index (κ2) is 6.99. The molecule has 0 aliphatic heterocycles. The van der Waals surface area contributed by atoms with E-state index < -0.39 is 0 Å². The van der Waals surface area contributed by atoms with Crippen molar-refractivity contribution in [2.45, 2.75) is 13.5 Å². The van der Waals surface area contributed by atoms with Crippen molar-refractivity contribution in [1.29, 1.82) is 0 Å². The number of rotatable bonds is 4. The summed E-state index contributed by atoms with van der Waals surface area (Å²) < 4.78 is 0. The minimum Gasteiger partial charge on any atom is -0.326 e. The zero-order chi connectivity index (χ0) is 17.1. The molecule has 2 N–H and O–H groups in total. The molecule has 1 amide bonds. The molecule has 0 radical (unpaired) electrons. The third-order valence-electron chi connectivity index (χ3n) is 4.17. The Morgan fingerprint density at radius 3 is 2.58 bits per heavy atom. The number of hydrogen-bond donors (Lipinski definition) is 1. The van der Waals surface area contributed by atoms with Gasteiger partial charge in [0.1, 0.15) is 0 Å². The molecule has 0 spiro atoms. The molecule has 1 aromatic heterocycles. The minimum atomic E-state index is -0.0225. The van der Waals surface area contributed by atoms with Crippen LogP contribution in [0, 0.1) is 6.92 Å². The largest absolute Gasteiger partial charge is 0.326 e. The molecule has 4 heteroatoms. The van der Waals surface area contributed by atoms with Crippen molar-refractivity contribution in [3.63, 3.8) is 0 Å². The molecule has 0 unspecified atom stereocenters. The van der Waals surface area contributed by atoms with E-state index in [2.05, 4.69) is 6.07 Å². The molecular formula is C20H20N2OS. The van der Waals surface area contributed by atoms with E-state index in [1.54, 1.807) is 16.2 Å². The number of amides is 1. The average molecular weight is 336 g/mol. The SMILES string of the molecule is Cc1cc(C(=O)N(C)c2ccccc2-c2cccs2)ccc1CN. The minimum absolute atomic E-state index is 0.0225. The lowest BCUT2D eigenvalue weighted by Gasteiger charge is -2.21. The molecule has 122 valence electrons. The molecular weight excluding hydrogens is 316 g/mol. The fourth-order valence-electron chi connectivity index (χ4n) is 2.77. The van der Waals surface area contributed by atoms with Gasteiger partial charge in [0, 0.05) is 29.6 Å². The first-order chi connectivity index (χ1) is 11.6. The highest BCUT2D eigenvalue weighted by atomic mass is 32.1. The molecule has 3 nitrogen and oxygen atoms in total. The van der Waals surface area contributed by atoms with Crippen LogP contribution >= 0.6 is 11.3 Å². The number of benzene rings is 2. The normalized spacial score (nSPS) is 10.6. The Hall–Kier alpha value is -2.43. The van der Waals surface area contributed by atoms with Gasteiger partial charge in [-0.1, -0.05) is 30.3 Å². The zero-order valence-corrected chi connectivity index (χ0v) is 14.6. The third-order valence-corrected chi connectivity index (χ3v) is 5.07. The van der Waals surface area contributed by atoms with Crippen LogP contribution in [-0.4, -0.2) is 13.0 Å². The van der Waals surface area contributed by atoms with Gasteiger partial charge in [0.15, 0.2) is 0 Å². The van der Waals surface area contributed by atoms with E-state index in [0.29, 0.717) is 12.1 Å². The molecule has 2 aromatic carbocycles. The Morgan fingerprint density at radius 1 is 1.12 bits per heavy atom. The van der Waals surface area contributed by atoms with Gasteiger partial charge < -0.3 is 10.6 Å². The van der Waals surface area contributed by atoms with Crippen LogP contribution in [-0.2, 0) is 6.54 Å². The maximum absolute atomic E-state index is 12.9. The van der Waals surface area contributed by atoms with Crippen LogP contribution in [0.3, 0.4) is 0 Å². The predicted molar refractivity (Wildman–Crippen MR) is 102 cm³/mol. The zero-order valence-electron chi connectivity index (χ0n) is 13.8. The van der Waals surface area contributed by atoms with Crippen LogP contribution in [0.25, 0.3) is 10.4 Å². The molecule has 0 saturated heterocycles. The van der Waals surface area contributed by atoms with Crippen molar-refractivity contribution >= 4 is 22.9 Å². The highest BCUT2D eigenvalue weighted by Gasteiger charge is 2.17. The molecule has 0 aliphatic carbocycles. The van der Waals surface area contributed by atoms with Gasteiger partial charge in [0.2, 0.25) is 0 Å². The summed E-state index contributed by atoms with van der Waals surface area (Å²) in [6, 6.07) is 17.8. The van der Waals surface area contributed by atoms with Crippen molar-refractivity contribution in [3.8, 4) is 10.4 Å². The van der Waals surface area contributed by atoms with Crippen molar-refractivity contribution in [2.24, 2.45) is 5.73 Å². The number of carbonyl (C=O) groups excluding carboxylic acids is 1. The number of aryl methyl sites for hydroxylation is 1. The molecule has 3 aromatic rings. The van der Waals surface area contributed by atoms with Crippen molar-refractivity contribution in [3.05, 3.63) is 76.7 Å². The number of nitrogens with two attached hydrogens (primary N) is 1. The van der Waals surface area contributed by atoms with Gasteiger partial charge in [-0.25, -0.2) is 0 Å². The lowest BCUT2D eigenvalue weighted by molar-refractivity contribution is 0.0993. The molecule has 24 heavy (non-hydrogen) atoms. The number of hydrogen-bond acceptors (Lipinski definition) is 3. The Labute approximate surface area is 146 Å². The quantitative estimate of drug-likeness (QED) is 0.764. The standard InChI is InChI=1S/C20H20N2OS/c1-14-12-15(9-10-16(14)13-21)20(23)22(2)18-7-4-3-6-17(18)19-8-5-11-24-19/h3-12H,13,21H2,1-2H3. The Morgan fingerprint density at radius 2 is 1.92 bits per heavy atom. The highest BCUT2D eigenvalue weighted by Crippen LogP contribution is 2.33. The average Bonchev–Trinajstić information content (AvgIpc) is 3.15. The van der Waals surface area contributed by atoms with Crippen LogP contribution < -0.4 is 10.6 Å². The fourth-order valence-corrected chi connectivity index (χ4v) is 3.53. The smallest absolute Gasteiger partial charge is 0.258 e. The molecule has 1 heterocycles. The number of para-hydroxylation sites is 1. The Kier molecular flexibility index (Phi) is 4.79. The maximum atomic E-state index is 12.9. The van der Waals surface area contributed by atoms with Crippen molar-refractivity contribution in [2.75, 3.05) is 11.9 Å². The summed E-state index contributed by atoms with van der Waals surface area (Å²) in [5, 5.41) is 2.04. The van der Waals surface area contributed by atoms with E-state index in [9.17, 15) is 4.79 Å². The van der Waals surface area contributed by atoms with Gasteiger partial charge in [0.25, 0.3) is 5.91 Å². The van der Waals surface area contributed by atoms with Crippen LogP contribution in [0.4, 0.5) is 5.69 Å². The van der Waals surface area contributed by atoms with Gasteiger partial charge in [-0.05, 0) is 47.7 Å². The number of thiophene rings is 1. The number of nitrogens with zero attached hydrogens (tertiary/aromatic N) is 1. The maximum Gasteiger partial charge on any atom is 0.258 e. The molecule has 0 bridgehead atoms. The summed E-state index contributed by atoms with van der Waals surface area (Å²) in [7, 11) is 1.82. The topological polar surface area (TPSA) is 46.3 Å². The number of carbonyl (C=O) groups is 1. The summed E-state index contributed by atoms with van der Waals surface area (Å²) in [6.45, 7) is 2.47. The second-order valence-corrected chi connectivity index (χ2v) is 6.65. The van der Waals surface area contributed by atoms with Gasteiger partial charge in [-0.3, -0.25) is 4.79 Å². The van der Waals surface area contributed by atoms with E-state index >= 15 is 0 Å². The van der Waals surface area contributed by atoms with E-state index in [-0.39, 0.29) is 5.91 Å². The first kappa shape index (κ1) is 16.4.